The van der Waals surface area contributed by atoms with Crippen molar-refractivity contribution < 1.29 is 0 Å². The molecule has 0 aliphatic carbocycles. The van der Waals surface area contributed by atoms with Crippen LogP contribution in [0.1, 0.15) is 16.7 Å². The zero-order valence-corrected chi connectivity index (χ0v) is 11.0. The fourth-order valence-electron chi connectivity index (χ4n) is 1.70. The van der Waals surface area contributed by atoms with Gasteiger partial charge < -0.3 is 11.1 Å². The van der Waals surface area contributed by atoms with E-state index in [9.17, 15) is 0 Å². The molecule has 0 spiro atoms. The lowest BCUT2D eigenvalue weighted by atomic mass is 10.1. The standard InChI is InChI=1S/C13H17N3S/c1-9-4-3-5-11(8-9)6-7-15-13-10(2)12(14)16-17-13/h3-5,8,15H,6-7H2,1-2H3,(H2,14,16). The fraction of sp³-hybridized carbons (Fsp3) is 0.308. The summed E-state index contributed by atoms with van der Waals surface area (Å²) in [5.41, 5.74) is 9.42. The zero-order valence-electron chi connectivity index (χ0n) is 10.2. The molecule has 0 saturated heterocycles. The minimum Gasteiger partial charge on any atom is -0.383 e. The van der Waals surface area contributed by atoms with E-state index in [2.05, 4.69) is 40.9 Å². The van der Waals surface area contributed by atoms with Crippen LogP contribution < -0.4 is 11.1 Å². The lowest BCUT2D eigenvalue weighted by molar-refractivity contribution is 1.02. The Morgan fingerprint density at radius 1 is 1.35 bits per heavy atom. The van der Waals surface area contributed by atoms with Gasteiger partial charge in [0.25, 0.3) is 0 Å². The zero-order chi connectivity index (χ0) is 12.3. The Morgan fingerprint density at radius 3 is 2.82 bits per heavy atom. The van der Waals surface area contributed by atoms with Crippen LogP contribution in [0.5, 0.6) is 0 Å². The highest BCUT2D eigenvalue weighted by Crippen LogP contribution is 2.25. The second kappa shape index (κ2) is 5.19. The molecule has 0 bridgehead atoms. The van der Waals surface area contributed by atoms with E-state index in [1.807, 2.05) is 6.92 Å². The Hall–Kier alpha value is -1.55. The van der Waals surface area contributed by atoms with Crippen molar-refractivity contribution in [2.24, 2.45) is 0 Å². The molecule has 0 aliphatic rings. The van der Waals surface area contributed by atoms with Crippen molar-refractivity contribution in [3.05, 3.63) is 41.0 Å². The van der Waals surface area contributed by atoms with E-state index < -0.39 is 0 Å². The van der Waals surface area contributed by atoms with Crippen molar-refractivity contribution in [2.75, 3.05) is 17.6 Å². The molecule has 0 fully saturated rings. The lowest BCUT2D eigenvalue weighted by Crippen LogP contribution is -2.04. The second-order valence-electron chi connectivity index (χ2n) is 4.19. The lowest BCUT2D eigenvalue weighted by Gasteiger charge is -2.05. The number of rotatable bonds is 4. The molecule has 0 unspecified atom stereocenters. The topological polar surface area (TPSA) is 50.9 Å². The first-order chi connectivity index (χ1) is 8.16. The van der Waals surface area contributed by atoms with E-state index >= 15 is 0 Å². The summed E-state index contributed by atoms with van der Waals surface area (Å²) in [4.78, 5) is 0. The maximum Gasteiger partial charge on any atom is 0.142 e. The van der Waals surface area contributed by atoms with Gasteiger partial charge in [-0.1, -0.05) is 29.8 Å². The normalized spacial score (nSPS) is 10.5. The van der Waals surface area contributed by atoms with Gasteiger partial charge in [0.1, 0.15) is 10.8 Å². The summed E-state index contributed by atoms with van der Waals surface area (Å²) in [6.45, 7) is 5.02. The minimum atomic E-state index is 0.632. The van der Waals surface area contributed by atoms with Crippen molar-refractivity contribution in [1.29, 1.82) is 0 Å². The molecule has 90 valence electrons. The molecular formula is C13H17N3S. The average molecular weight is 247 g/mol. The first kappa shape index (κ1) is 11.9. The maximum absolute atomic E-state index is 5.70. The SMILES string of the molecule is Cc1cccc(CCNc2snc(N)c2C)c1. The van der Waals surface area contributed by atoms with Crippen molar-refractivity contribution in [2.45, 2.75) is 20.3 Å². The monoisotopic (exact) mass is 247 g/mol. The van der Waals surface area contributed by atoms with E-state index in [0.29, 0.717) is 5.82 Å². The average Bonchev–Trinajstić information content (AvgIpc) is 2.61. The van der Waals surface area contributed by atoms with E-state index in [4.69, 9.17) is 5.73 Å². The van der Waals surface area contributed by atoms with Crippen LogP contribution >= 0.6 is 11.5 Å². The fourth-order valence-corrected chi connectivity index (χ4v) is 2.44. The van der Waals surface area contributed by atoms with E-state index in [0.717, 1.165) is 23.5 Å². The summed E-state index contributed by atoms with van der Waals surface area (Å²) in [6, 6.07) is 8.59. The molecule has 2 aromatic rings. The number of aromatic nitrogens is 1. The Labute approximate surface area is 106 Å². The highest BCUT2D eigenvalue weighted by molar-refractivity contribution is 7.10. The molecule has 1 aromatic carbocycles. The Balaban J connectivity index is 1.90. The third-order valence-electron chi connectivity index (χ3n) is 2.74. The number of benzene rings is 1. The van der Waals surface area contributed by atoms with Crippen molar-refractivity contribution in [3.63, 3.8) is 0 Å². The molecule has 1 heterocycles. The van der Waals surface area contributed by atoms with Gasteiger partial charge in [0.2, 0.25) is 0 Å². The summed E-state index contributed by atoms with van der Waals surface area (Å²) < 4.78 is 4.11. The smallest absolute Gasteiger partial charge is 0.142 e. The quantitative estimate of drug-likeness (QED) is 0.873. The molecule has 0 atom stereocenters. The number of nitrogens with zero attached hydrogens (tertiary/aromatic N) is 1. The number of hydrogen-bond donors (Lipinski definition) is 2. The predicted molar refractivity (Wildman–Crippen MR) is 74.6 cm³/mol. The van der Waals surface area contributed by atoms with Crippen LogP contribution in [0, 0.1) is 13.8 Å². The summed E-state index contributed by atoms with van der Waals surface area (Å²) in [5.74, 6) is 0.632. The highest BCUT2D eigenvalue weighted by atomic mass is 32.1. The van der Waals surface area contributed by atoms with Crippen LogP contribution in [0.4, 0.5) is 10.8 Å². The Kier molecular flexibility index (Phi) is 3.64. The predicted octanol–water partition coefficient (Wildman–Crippen LogP) is 3.00. The highest BCUT2D eigenvalue weighted by Gasteiger charge is 2.05. The van der Waals surface area contributed by atoms with Gasteiger partial charge in [0.15, 0.2) is 0 Å². The summed E-state index contributed by atoms with van der Waals surface area (Å²) >= 11 is 1.43. The number of hydrogen-bond acceptors (Lipinski definition) is 4. The second-order valence-corrected chi connectivity index (χ2v) is 4.96. The van der Waals surface area contributed by atoms with Crippen LogP contribution in [-0.4, -0.2) is 10.9 Å². The molecule has 17 heavy (non-hydrogen) atoms. The third kappa shape index (κ3) is 2.97. The number of nitrogens with two attached hydrogens (primary N) is 1. The van der Waals surface area contributed by atoms with Crippen molar-refractivity contribution in [3.8, 4) is 0 Å². The van der Waals surface area contributed by atoms with Crippen molar-refractivity contribution in [1.82, 2.24) is 4.37 Å². The van der Waals surface area contributed by atoms with E-state index in [-0.39, 0.29) is 0 Å². The molecule has 4 heteroatoms. The molecule has 0 aliphatic heterocycles. The summed E-state index contributed by atoms with van der Waals surface area (Å²) in [5, 5.41) is 4.46. The van der Waals surface area contributed by atoms with Crippen LogP contribution in [0.2, 0.25) is 0 Å². The van der Waals surface area contributed by atoms with Crippen LogP contribution in [0.15, 0.2) is 24.3 Å². The van der Waals surface area contributed by atoms with Gasteiger partial charge in [0.05, 0.1) is 0 Å². The van der Waals surface area contributed by atoms with E-state index in [1.54, 1.807) is 0 Å². The first-order valence-corrected chi connectivity index (χ1v) is 6.45. The van der Waals surface area contributed by atoms with Crippen molar-refractivity contribution >= 4 is 22.4 Å². The third-order valence-corrected chi connectivity index (χ3v) is 3.66. The molecule has 3 nitrogen and oxygen atoms in total. The van der Waals surface area contributed by atoms with Crippen LogP contribution in [-0.2, 0) is 6.42 Å². The molecule has 0 saturated carbocycles. The summed E-state index contributed by atoms with van der Waals surface area (Å²) in [7, 11) is 0. The number of nitrogens with one attached hydrogen (secondary N) is 1. The number of aryl methyl sites for hydroxylation is 1. The Bertz CT molecular complexity index is 505. The molecule has 2 rings (SSSR count). The molecule has 3 N–H and O–H groups in total. The maximum atomic E-state index is 5.70. The van der Waals surface area contributed by atoms with Gasteiger partial charge in [-0.15, -0.1) is 0 Å². The van der Waals surface area contributed by atoms with Gasteiger partial charge in [-0.2, -0.15) is 4.37 Å². The molecular weight excluding hydrogens is 230 g/mol. The van der Waals surface area contributed by atoms with E-state index in [1.165, 1.54) is 22.7 Å². The van der Waals surface area contributed by atoms with Gasteiger partial charge in [-0.3, -0.25) is 0 Å². The van der Waals surface area contributed by atoms with Gasteiger partial charge in [-0.25, -0.2) is 0 Å². The first-order valence-electron chi connectivity index (χ1n) is 5.68. The van der Waals surface area contributed by atoms with Gasteiger partial charge in [-0.05, 0) is 37.4 Å². The van der Waals surface area contributed by atoms with Gasteiger partial charge >= 0.3 is 0 Å². The summed E-state index contributed by atoms with van der Waals surface area (Å²) in [6.07, 6.45) is 1.01. The number of anilines is 2. The molecule has 0 amide bonds. The number of nitrogen functional groups attached to an aromatic ring is 1. The molecule has 0 radical (unpaired) electrons. The molecule has 1 aromatic heterocycles. The Morgan fingerprint density at radius 2 is 2.18 bits per heavy atom. The van der Waals surface area contributed by atoms with Crippen LogP contribution in [0.25, 0.3) is 0 Å². The largest absolute Gasteiger partial charge is 0.383 e. The van der Waals surface area contributed by atoms with Gasteiger partial charge in [0, 0.05) is 12.1 Å². The minimum absolute atomic E-state index is 0.632. The van der Waals surface area contributed by atoms with Crippen LogP contribution in [0.3, 0.4) is 0 Å².